The first-order chi connectivity index (χ1) is 31.4. The van der Waals surface area contributed by atoms with Crippen molar-refractivity contribution in [3.63, 3.8) is 0 Å². The normalized spacial score (nSPS) is 17.4. The van der Waals surface area contributed by atoms with Crippen molar-refractivity contribution in [3.8, 4) is 17.1 Å². The van der Waals surface area contributed by atoms with Gasteiger partial charge >= 0.3 is 12.2 Å². The maximum absolute atomic E-state index is 14.1. The number of ether oxygens (including phenoxy) is 2. The van der Waals surface area contributed by atoms with Gasteiger partial charge in [-0.15, -0.1) is 0 Å². The zero-order valence-electron chi connectivity index (χ0n) is 39.0. The molecule has 1 atom stereocenters. The highest BCUT2D eigenvalue weighted by atomic mass is 16.6. The van der Waals surface area contributed by atoms with Crippen LogP contribution in [0, 0.1) is 18.8 Å². The van der Waals surface area contributed by atoms with Gasteiger partial charge in [-0.2, -0.15) is 5.10 Å². The number of likely N-dealkylation sites (tertiary alicyclic amines) is 1. The zero-order valence-corrected chi connectivity index (χ0v) is 39.0. The summed E-state index contributed by atoms with van der Waals surface area (Å²) in [5, 5.41) is 16.4. The Hall–Kier alpha value is -6.71. The number of piperidine rings is 1. The van der Waals surface area contributed by atoms with Crippen LogP contribution in [-0.4, -0.2) is 97.5 Å². The lowest BCUT2D eigenvalue weighted by Gasteiger charge is -2.33. The van der Waals surface area contributed by atoms with Crippen molar-refractivity contribution in [2.45, 2.75) is 117 Å². The second-order valence-corrected chi connectivity index (χ2v) is 19.5. The SMILES string of the molecule is Cc1cc(C(=O)NC2CCN(C(=O)OC(C)(C)C)CC2)ccc1-c1ccc(C[C@H](NC(=O)C2CCC(CNC(=O)OC(C)(C)C)CC2)C(=O)Nc2ccc3nc(-n4cccn4)[nH]c3c2)cc1. The number of amides is 5. The van der Waals surface area contributed by atoms with Gasteiger partial charge in [0.25, 0.3) is 5.91 Å². The summed E-state index contributed by atoms with van der Waals surface area (Å²) in [6, 6.07) is 19.8. The maximum Gasteiger partial charge on any atom is 0.410 e. The number of carbonyl (C=O) groups is 5. The molecule has 5 aromatic rings. The number of nitrogens with one attached hydrogen (secondary N) is 5. The van der Waals surface area contributed by atoms with E-state index >= 15 is 0 Å². The summed E-state index contributed by atoms with van der Waals surface area (Å²) in [6.45, 7) is 14.5. The van der Waals surface area contributed by atoms with Gasteiger partial charge in [-0.1, -0.05) is 30.3 Å². The third-order valence-electron chi connectivity index (χ3n) is 11.9. The van der Waals surface area contributed by atoms with E-state index in [4.69, 9.17) is 9.47 Å². The van der Waals surface area contributed by atoms with E-state index in [0.717, 1.165) is 35.1 Å². The molecule has 16 heteroatoms. The van der Waals surface area contributed by atoms with Crippen LogP contribution in [0.25, 0.3) is 28.1 Å². The molecule has 1 aliphatic carbocycles. The fourth-order valence-electron chi connectivity index (χ4n) is 8.46. The van der Waals surface area contributed by atoms with E-state index in [1.54, 1.807) is 34.1 Å². The fraction of sp³-hybridized carbons (Fsp3) is 0.460. The molecule has 1 saturated carbocycles. The van der Waals surface area contributed by atoms with E-state index in [9.17, 15) is 24.0 Å². The number of aromatic amines is 1. The molecule has 0 radical (unpaired) electrons. The number of H-pyrrole nitrogens is 1. The highest BCUT2D eigenvalue weighted by Crippen LogP contribution is 2.30. The lowest BCUT2D eigenvalue weighted by Crippen LogP contribution is -2.48. The fourth-order valence-corrected chi connectivity index (χ4v) is 8.46. The Balaban J connectivity index is 0.990. The Morgan fingerprint density at radius 1 is 0.848 bits per heavy atom. The molecule has 0 bridgehead atoms. The standard InChI is InChI=1S/C50H63N9O7/c1-31-27-36(44(61)53-37-21-25-58(26-22-37)48(64)66-50(5,6)7)17-19-39(31)34-13-9-32(10-14-34)28-42(55-43(60)35-15-11-33(12-16-35)30-51-47(63)65-49(2,3)4)45(62)54-38-18-20-40-41(29-38)57-46(56-40)59-24-8-23-52-59/h8-10,13-14,17-20,23-24,27,29,33,35,37,42H,11-12,15-16,21-22,25-26,28,30H2,1-7H3,(H,51,63)(H,53,61)(H,54,62)(H,55,60)(H,56,57)/t33?,35?,42-/m0/s1. The molecule has 1 aliphatic heterocycles. The van der Waals surface area contributed by atoms with Crippen molar-refractivity contribution in [1.82, 2.24) is 40.6 Å². The molecule has 0 spiro atoms. The Kier molecular flexibility index (Phi) is 14.5. The number of hydrogen-bond donors (Lipinski definition) is 5. The topological polar surface area (TPSA) is 202 Å². The largest absolute Gasteiger partial charge is 0.444 e. The minimum absolute atomic E-state index is 0.0458. The first kappa shape index (κ1) is 47.3. The summed E-state index contributed by atoms with van der Waals surface area (Å²) in [5.41, 5.74) is 5.09. The second kappa shape index (κ2) is 20.2. The van der Waals surface area contributed by atoms with E-state index in [-0.39, 0.29) is 48.1 Å². The Bertz CT molecular complexity index is 2510. The Morgan fingerprint density at radius 2 is 1.56 bits per heavy atom. The van der Waals surface area contributed by atoms with Crippen LogP contribution in [-0.2, 0) is 25.5 Å². The van der Waals surface area contributed by atoms with Crippen molar-refractivity contribution >= 4 is 46.6 Å². The highest BCUT2D eigenvalue weighted by Gasteiger charge is 2.31. The van der Waals surface area contributed by atoms with Crippen LogP contribution < -0.4 is 21.3 Å². The van der Waals surface area contributed by atoms with Crippen LogP contribution in [0.2, 0.25) is 0 Å². The molecule has 2 aliphatic rings. The summed E-state index contributed by atoms with van der Waals surface area (Å²) in [4.78, 5) is 75.6. The molecule has 5 N–H and O–H groups in total. The number of hydrogen-bond acceptors (Lipinski definition) is 9. The van der Waals surface area contributed by atoms with Crippen LogP contribution in [0.1, 0.15) is 102 Å². The molecule has 3 aromatic carbocycles. The van der Waals surface area contributed by atoms with E-state index in [1.807, 2.05) is 103 Å². The van der Waals surface area contributed by atoms with Crippen LogP contribution in [0.4, 0.5) is 15.3 Å². The van der Waals surface area contributed by atoms with Crippen LogP contribution in [0.3, 0.4) is 0 Å². The van der Waals surface area contributed by atoms with Crippen molar-refractivity contribution in [2.24, 2.45) is 11.8 Å². The van der Waals surface area contributed by atoms with Crippen molar-refractivity contribution in [1.29, 1.82) is 0 Å². The molecule has 7 rings (SSSR count). The number of imidazole rings is 1. The number of alkyl carbamates (subject to hydrolysis) is 1. The molecular formula is C50H63N9O7. The molecule has 1 saturated heterocycles. The van der Waals surface area contributed by atoms with Gasteiger partial charge < -0.3 is 40.6 Å². The van der Waals surface area contributed by atoms with Gasteiger partial charge in [0, 0.05) is 61.7 Å². The van der Waals surface area contributed by atoms with Crippen molar-refractivity contribution in [2.75, 3.05) is 25.0 Å². The Morgan fingerprint density at radius 3 is 2.21 bits per heavy atom. The average molecular weight is 902 g/mol. The van der Waals surface area contributed by atoms with Gasteiger partial charge in [0.15, 0.2) is 0 Å². The van der Waals surface area contributed by atoms with E-state index < -0.39 is 23.3 Å². The molecular weight excluding hydrogens is 839 g/mol. The number of fused-ring (bicyclic) bond motifs is 1. The molecule has 0 unspecified atom stereocenters. The zero-order chi connectivity index (χ0) is 47.2. The van der Waals surface area contributed by atoms with E-state index in [2.05, 4.69) is 36.3 Å². The second-order valence-electron chi connectivity index (χ2n) is 19.5. The molecule has 16 nitrogen and oxygen atoms in total. The predicted octanol–water partition coefficient (Wildman–Crippen LogP) is 7.85. The minimum atomic E-state index is -0.879. The van der Waals surface area contributed by atoms with Gasteiger partial charge in [-0.25, -0.2) is 19.3 Å². The first-order valence-electron chi connectivity index (χ1n) is 22.9. The molecule has 66 heavy (non-hydrogen) atoms. The van der Waals surface area contributed by atoms with Gasteiger partial charge in [0.2, 0.25) is 17.8 Å². The van der Waals surface area contributed by atoms with Gasteiger partial charge in [-0.05, 0) is 152 Å². The molecule has 2 fully saturated rings. The Labute approximate surface area is 386 Å². The minimum Gasteiger partial charge on any atom is -0.444 e. The highest BCUT2D eigenvalue weighted by molar-refractivity contribution is 5.99. The summed E-state index contributed by atoms with van der Waals surface area (Å²) in [7, 11) is 0. The number of aromatic nitrogens is 4. The maximum atomic E-state index is 14.1. The van der Waals surface area contributed by atoms with Crippen LogP contribution in [0.5, 0.6) is 0 Å². The number of rotatable bonds is 12. The predicted molar refractivity (Wildman–Crippen MR) is 252 cm³/mol. The lowest BCUT2D eigenvalue weighted by atomic mass is 9.81. The average Bonchev–Trinajstić information content (AvgIpc) is 3.96. The number of aryl methyl sites for hydroxylation is 1. The van der Waals surface area contributed by atoms with Gasteiger partial charge in [0.1, 0.15) is 17.2 Å². The third-order valence-corrected chi connectivity index (χ3v) is 11.9. The summed E-state index contributed by atoms with van der Waals surface area (Å²) in [6.07, 6.45) is 7.02. The first-order valence-corrected chi connectivity index (χ1v) is 22.9. The van der Waals surface area contributed by atoms with Gasteiger partial charge in [-0.3, -0.25) is 14.4 Å². The molecule has 3 heterocycles. The number of nitrogens with zero attached hydrogens (tertiary/aromatic N) is 4. The lowest BCUT2D eigenvalue weighted by molar-refractivity contribution is -0.130. The van der Waals surface area contributed by atoms with Crippen LogP contribution >= 0.6 is 0 Å². The quantitative estimate of drug-likeness (QED) is 0.0827. The number of carbonyl (C=O) groups excluding carboxylic acids is 5. The van der Waals surface area contributed by atoms with Crippen molar-refractivity contribution in [3.05, 3.63) is 95.8 Å². The van der Waals surface area contributed by atoms with Gasteiger partial charge in [0.05, 0.1) is 11.0 Å². The summed E-state index contributed by atoms with van der Waals surface area (Å²) in [5.74, 6) is -0.188. The summed E-state index contributed by atoms with van der Waals surface area (Å²) < 4.78 is 12.5. The van der Waals surface area contributed by atoms with E-state index in [0.29, 0.717) is 73.6 Å². The molecule has 2 aromatic heterocycles. The smallest absolute Gasteiger partial charge is 0.410 e. The number of benzene rings is 3. The van der Waals surface area contributed by atoms with E-state index in [1.165, 1.54) is 0 Å². The monoisotopic (exact) mass is 901 g/mol. The number of anilines is 1. The molecule has 5 amide bonds. The van der Waals surface area contributed by atoms with Crippen molar-refractivity contribution < 1.29 is 33.4 Å². The third kappa shape index (κ3) is 12.8. The summed E-state index contributed by atoms with van der Waals surface area (Å²) >= 11 is 0. The molecule has 350 valence electrons. The van der Waals surface area contributed by atoms with Crippen LogP contribution in [0.15, 0.2) is 79.1 Å².